The zero-order valence-corrected chi connectivity index (χ0v) is 50.2. The first-order valence-corrected chi connectivity index (χ1v) is 32.3. The molecule has 2 rings (SSSR count). The number of carbonyl (C=O) groups is 10. The lowest BCUT2D eigenvalue weighted by molar-refractivity contribution is -0.137. The van der Waals surface area contributed by atoms with Crippen molar-refractivity contribution in [3.05, 3.63) is 0 Å². The minimum atomic E-state index is -0.830. The molecule has 0 aromatic carbocycles. The summed E-state index contributed by atoms with van der Waals surface area (Å²) in [6.07, 6.45) is 21.8. The van der Waals surface area contributed by atoms with Gasteiger partial charge in [0.2, 0.25) is 47.3 Å². The van der Waals surface area contributed by atoms with E-state index in [0.29, 0.717) is 167 Å². The summed E-state index contributed by atoms with van der Waals surface area (Å²) in [4.78, 5) is 123. The Morgan fingerprint density at radius 1 is 0.427 bits per heavy atom. The summed E-state index contributed by atoms with van der Waals surface area (Å²) < 4.78 is 0. The van der Waals surface area contributed by atoms with Gasteiger partial charge < -0.3 is 69.7 Å². The van der Waals surface area contributed by atoms with Crippen LogP contribution < -0.4 is 64.6 Å². The molecule has 0 unspecified atom stereocenters. The normalized spacial score (nSPS) is 15.9. The molecule has 2 fully saturated rings. The van der Waals surface area contributed by atoms with Crippen molar-refractivity contribution in [2.45, 2.75) is 248 Å². The fraction of sp³-hybridized carbons (Fsp3) is 0.828. The Hall–Kier alpha value is -5.23. The van der Waals surface area contributed by atoms with Gasteiger partial charge in [0.25, 0.3) is 0 Å². The van der Waals surface area contributed by atoms with Gasteiger partial charge in [-0.2, -0.15) is 11.8 Å². The van der Waals surface area contributed by atoms with Crippen molar-refractivity contribution in [3.8, 4) is 0 Å². The molecule has 0 aliphatic carbocycles. The maximum absolute atomic E-state index is 13.6. The number of rotatable bonds is 53. The third kappa shape index (κ3) is 38.5. The lowest BCUT2D eigenvalue weighted by Gasteiger charge is -2.23. The number of unbranched alkanes of at least 4 members (excludes halogenated alkanes) is 15. The summed E-state index contributed by atoms with van der Waals surface area (Å²) in [6, 6.07) is -1.31. The first-order chi connectivity index (χ1) is 39.7. The number of fused-ring (bicyclic) bond motifs is 1. The average molecular weight is 1180 g/mol. The molecule has 10 amide bonds. The highest BCUT2D eigenvalue weighted by Gasteiger charge is 2.42. The smallest absolute Gasteiger partial charge is 0.315 e. The van der Waals surface area contributed by atoms with Gasteiger partial charge in [-0.25, -0.2) is 4.79 Å². The van der Waals surface area contributed by atoms with Crippen molar-refractivity contribution in [1.29, 1.82) is 0 Å². The molecule has 5 atom stereocenters. The van der Waals surface area contributed by atoms with Crippen LogP contribution in [0.3, 0.4) is 0 Å². The van der Waals surface area contributed by atoms with Crippen LogP contribution >= 0.6 is 11.8 Å². The zero-order chi connectivity index (χ0) is 59.8. The quantitative estimate of drug-likeness (QED) is 0.0302. The van der Waals surface area contributed by atoms with E-state index in [-0.39, 0.29) is 72.3 Å². The number of carbonyl (C=O) groups excluding carboxylic acids is 9. The molecule has 23 nitrogen and oxygen atoms in total. The van der Waals surface area contributed by atoms with Crippen LogP contribution in [0.1, 0.15) is 218 Å². The van der Waals surface area contributed by atoms with Gasteiger partial charge in [-0.3, -0.25) is 43.2 Å². The van der Waals surface area contributed by atoms with Crippen LogP contribution in [-0.2, 0) is 43.2 Å². The highest BCUT2D eigenvalue weighted by molar-refractivity contribution is 8.00. The topological polar surface area (TPSA) is 363 Å². The van der Waals surface area contributed by atoms with E-state index in [0.717, 1.165) is 102 Å². The number of carboxylic acid groups (broad SMARTS) is 1. The maximum atomic E-state index is 13.6. The van der Waals surface area contributed by atoms with Gasteiger partial charge in [0.05, 0.1) is 12.1 Å². The molecule has 0 radical (unpaired) electrons. The molecule has 24 heteroatoms. The molecule has 2 aliphatic heterocycles. The van der Waals surface area contributed by atoms with Gasteiger partial charge in [0.1, 0.15) is 12.1 Å². The van der Waals surface area contributed by atoms with E-state index < -0.39 is 24.0 Å². The van der Waals surface area contributed by atoms with E-state index in [9.17, 15) is 47.9 Å². The Kier molecular flexibility index (Phi) is 42.8. The maximum Gasteiger partial charge on any atom is 0.315 e. The van der Waals surface area contributed by atoms with Crippen LogP contribution in [0.2, 0.25) is 0 Å². The molecule has 0 saturated carbocycles. The number of hydrogen-bond acceptors (Lipinski definition) is 13. The van der Waals surface area contributed by atoms with Crippen molar-refractivity contribution < 1.29 is 53.1 Å². The van der Waals surface area contributed by atoms with Gasteiger partial charge in [0, 0.05) is 95.2 Å². The summed E-state index contributed by atoms with van der Waals surface area (Å²) in [6.45, 7) is 4.03. The van der Waals surface area contributed by atoms with Crippen LogP contribution in [0.4, 0.5) is 4.79 Å². The number of hydrogen-bond donors (Lipinski definition) is 13. The van der Waals surface area contributed by atoms with Crippen molar-refractivity contribution in [3.63, 3.8) is 0 Å². The van der Waals surface area contributed by atoms with Gasteiger partial charge in [-0.15, -0.1) is 0 Å². The van der Waals surface area contributed by atoms with E-state index in [1.54, 1.807) is 0 Å². The largest absolute Gasteiger partial charge is 0.481 e. The fourth-order valence-corrected chi connectivity index (χ4v) is 11.3. The Morgan fingerprint density at radius 3 is 1.20 bits per heavy atom. The van der Waals surface area contributed by atoms with Crippen LogP contribution in [0.5, 0.6) is 0 Å². The van der Waals surface area contributed by atoms with Crippen LogP contribution in [0, 0.1) is 0 Å². The molecule has 2 aliphatic rings. The molecule has 470 valence electrons. The minimum Gasteiger partial charge on any atom is -0.481 e. The van der Waals surface area contributed by atoms with Crippen molar-refractivity contribution >= 4 is 71.0 Å². The Bertz CT molecular complexity index is 1870. The van der Waals surface area contributed by atoms with E-state index in [2.05, 4.69) is 53.2 Å². The van der Waals surface area contributed by atoms with Gasteiger partial charge >= 0.3 is 12.0 Å². The van der Waals surface area contributed by atoms with Crippen molar-refractivity contribution in [2.75, 3.05) is 58.1 Å². The fourth-order valence-electron chi connectivity index (χ4n) is 9.77. The summed E-state index contributed by atoms with van der Waals surface area (Å²) in [5.74, 6) is -0.905. The highest BCUT2D eigenvalue weighted by Crippen LogP contribution is 2.33. The van der Waals surface area contributed by atoms with Gasteiger partial charge in [-0.05, 0) is 142 Å². The number of nitrogens with one attached hydrogen (secondary N) is 10. The predicted octanol–water partition coefficient (Wildman–Crippen LogP) is 4.08. The standard InChI is InChI=1S/C58H106N12O11S/c59-35-17-15-25-44(56(79)66-42-24-4-10-31-51(74)62-38-20-1-7-28-48(71)61-37-19-2-8-30-50(73)64-41-23-6-12-34-54(77)78)68-57(80)45(26-16-18-36-60)67-53(76)33-11-5-22-40-63-49(72)29-9-3-21-39-65-52(75)32-14-13-27-47-55-46(43-82-47)69-58(81)70-55/h44-47,55H,1-43,59-60H2,(H,61,71)(H,62,74)(H,63,72)(H,64,73)(H,65,75)(H,66,79)(H,67,76)(H,68,80)(H,77,78)(H2,69,70,81)/t44-,45-,46-,47-,55-/m0/s1. The van der Waals surface area contributed by atoms with Crippen LogP contribution in [-0.4, -0.2) is 152 Å². The Morgan fingerprint density at radius 2 is 0.793 bits per heavy atom. The number of aliphatic carboxylic acids is 1. The summed E-state index contributed by atoms with van der Waals surface area (Å²) in [5, 5.41) is 38.4. The summed E-state index contributed by atoms with van der Waals surface area (Å²) in [7, 11) is 0. The molecule has 82 heavy (non-hydrogen) atoms. The van der Waals surface area contributed by atoms with Crippen molar-refractivity contribution in [1.82, 2.24) is 53.2 Å². The third-order valence-corrected chi connectivity index (χ3v) is 16.1. The SMILES string of the molecule is NCCCC[C@H](NC(=O)CCCCCNC(=O)CCCCCNC(=O)CCCC[C@@H]1SC[C@@H]2NC(=O)N[C@@H]21)C(=O)N[C@@H](CCCCN)C(=O)NCCCCCC(=O)NCCCCCC(=O)NCCCCCC(=O)NCCCCCC(=O)O. The molecular formula is C58H106N12O11S. The molecule has 2 heterocycles. The summed E-state index contributed by atoms with van der Waals surface area (Å²) in [5.41, 5.74) is 11.5. The molecule has 2 saturated heterocycles. The lowest BCUT2D eigenvalue weighted by atomic mass is 10.0. The second-order valence-electron chi connectivity index (χ2n) is 21.9. The lowest BCUT2D eigenvalue weighted by Crippen LogP contribution is -2.53. The third-order valence-electron chi connectivity index (χ3n) is 14.6. The average Bonchev–Trinajstić information content (AvgIpc) is 4.15. The van der Waals surface area contributed by atoms with E-state index in [1.165, 1.54) is 0 Å². The second kappa shape index (κ2) is 48.2. The molecule has 0 spiro atoms. The summed E-state index contributed by atoms with van der Waals surface area (Å²) >= 11 is 1.88. The van der Waals surface area contributed by atoms with E-state index >= 15 is 0 Å². The first kappa shape index (κ1) is 72.9. The van der Waals surface area contributed by atoms with Gasteiger partial charge in [0.15, 0.2) is 0 Å². The Balaban J connectivity index is 1.51. The number of nitrogens with two attached hydrogens (primary N) is 2. The van der Waals surface area contributed by atoms with Crippen LogP contribution in [0.15, 0.2) is 0 Å². The minimum absolute atomic E-state index is 0.00506. The Labute approximate surface area is 492 Å². The predicted molar refractivity (Wildman–Crippen MR) is 320 cm³/mol. The van der Waals surface area contributed by atoms with Crippen LogP contribution in [0.25, 0.3) is 0 Å². The molecular weight excluding hydrogens is 1070 g/mol. The molecule has 0 aromatic rings. The molecule has 0 aromatic heterocycles. The molecule has 0 bridgehead atoms. The molecule has 15 N–H and O–H groups in total. The second-order valence-corrected chi connectivity index (χ2v) is 23.2. The van der Waals surface area contributed by atoms with E-state index in [1.807, 2.05) is 11.8 Å². The number of urea groups is 1. The number of thioether (sulfide) groups is 1. The zero-order valence-electron chi connectivity index (χ0n) is 49.4. The van der Waals surface area contributed by atoms with E-state index in [4.69, 9.17) is 16.6 Å². The van der Waals surface area contributed by atoms with Crippen molar-refractivity contribution in [2.24, 2.45) is 11.5 Å². The first-order valence-electron chi connectivity index (χ1n) is 31.2. The number of carboxylic acids is 1. The number of amides is 10. The monoisotopic (exact) mass is 1180 g/mol. The van der Waals surface area contributed by atoms with Gasteiger partial charge in [-0.1, -0.05) is 44.9 Å². The highest BCUT2D eigenvalue weighted by atomic mass is 32.2.